The summed E-state index contributed by atoms with van der Waals surface area (Å²) >= 11 is 0.749. The molecule has 0 fully saturated rings. The lowest BCUT2D eigenvalue weighted by molar-refractivity contribution is -0.142. The average molecular weight is 308 g/mol. The molecule has 1 heterocycles. The predicted molar refractivity (Wildman–Crippen MR) is 65.3 cm³/mol. The number of alkyl halides is 3. The summed E-state index contributed by atoms with van der Waals surface area (Å²) in [7, 11) is 0. The number of carboxylic acids is 1. The Balaban J connectivity index is 3.07. The van der Waals surface area contributed by atoms with E-state index in [1.807, 2.05) is 0 Å². The van der Waals surface area contributed by atoms with Crippen molar-refractivity contribution >= 4 is 23.6 Å². The standard InChI is InChI=1S/C11H11F3N2O3S/c1-5(10(18)19)4-20-9-6(8(15)17)2-3-7(16-9)11(12,13)14/h2-3,5H,4H2,1H3,(H2,15,17)(H,18,19). The summed E-state index contributed by atoms with van der Waals surface area (Å²) in [5.74, 6) is -2.83. The number of nitrogens with two attached hydrogens (primary N) is 1. The number of aromatic nitrogens is 1. The van der Waals surface area contributed by atoms with Crippen molar-refractivity contribution in [3.05, 3.63) is 23.4 Å². The molecule has 0 aliphatic rings. The lowest BCUT2D eigenvalue weighted by Gasteiger charge is -2.11. The summed E-state index contributed by atoms with van der Waals surface area (Å²) in [6.07, 6.45) is -4.65. The average Bonchev–Trinajstić information content (AvgIpc) is 2.34. The van der Waals surface area contributed by atoms with E-state index in [9.17, 15) is 22.8 Å². The SMILES string of the molecule is CC(CSc1nc(C(F)(F)F)ccc1C(N)=O)C(=O)O. The van der Waals surface area contributed by atoms with E-state index in [0.29, 0.717) is 6.07 Å². The van der Waals surface area contributed by atoms with Gasteiger partial charge in [0.2, 0.25) is 0 Å². The first-order chi connectivity index (χ1) is 9.12. The van der Waals surface area contributed by atoms with Gasteiger partial charge in [-0.05, 0) is 12.1 Å². The van der Waals surface area contributed by atoms with E-state index in [0.717, 1.165) is 17.8 Å². The fourth-order valence-electron chi connectivity index (χ4n) is 1.17. The molecule has 110 valence electrons. The summed E-state index contributed by atoms with van der Waals surface area (Å²) in [6.45, 7) is 1.40. The first kappa shape index (κ1) is 16.3. The molecule has 1 unspecified atom stereocenters. The second-order valence-corrected chi connectivity index (χ2v) is 4.97. The summed E-state index contributed by atoms with van der Waals surface area (Å²) in [4.78, 5) is 25.1. The maximum atomic E-state index is 12.5. The summed E-state index contributed by atoms with van der Waals surface area (Å²) in [6, 6.07) is 1.59. The zero-order valence-electron chi connectivity index (χ0n) is 10.3. The second-order valence-electron chi connectivity index (χ2n) is 3.96. The maximum Gasteiger partial charge on any atom is 0.433 e. The number of rotatable bonds is 5. The van der Waals surface area contributed by atoms with E-state index in [1.54, 1.807) is 0 Å². The minimum Gasteiger partial charge on any atom is -0.481 e. The predicted octanol–water partition coefficient (Wildman–Crippen LogP) is 2.01. The first-order valence-corrected chi connectivity index (χ1v) is 6.35. The van der Waals surface area contributed by atoms with Gasteiger partial charge in [-0.3, -0.25) is 9.59 Å². The number of carbonyl (C=O) groups is 2. The molecule has 1 aromatic heterocycles. The Morgan fingerprint density at radius 2 is 2.05 bits per heavy atom. The molecule has 0 aliphatic carbocycles. The number of halogens is 3. The van der Waals surface area contributed by atoms with Crippen LogP contribution < -0.4 is 5.73 Å². The molecule has 20 heavy (non-hydrogen) atoms. The quantitative estimate of drug-likeness (QED) is 0.812. The number of hydrogen-bond donors (Lipinski definition) is 2. The van der Waals surface area contributed by atoms with Crippen LogP contribution >= 0.6 is 11.8 Å². The Hall–Kier alpha value is -1.77. The molecule has 1 atom stereocenters. The van der Waals surface area contributed by atoms with E-state index < -0.39 is 29.7 Å². The van der Waals surface area contributed by atoms with Crippen molar-refractivity contribution in [1.29, 1.82) is 0 Å². The lowest BCUT2D eigenvalue weighted by Crippen LogP contribution is -2.17. The highest BCUT2D eigenvalue weighted by atomic mass is 32.2. The molecule has 0 radical (unpaired) electrons. The third-order valence-corrected chi connectivity index (χ3v) is 3.56. The molecule has 3 N–H and O–H groups in total. The third kappa shape index (κ3) is 4.12. The number of carbonyl (C=O) groups excluding carboxylic acids is 1. The molecule has 1 rings (SSSR count). The molecule has 0 saturated heterocycles. The van der Waals surface area contributed by atoms with Gasteiger partial charge in [-0.15, -0.1) is 11.8 Å². The highest BCUT2D eigenvalue weighted by Crippen LogP contribution is 2.31. The van der Waals surface area contributed by atoms with Crippen LogP contribution in [-0.2, 0) is 11.0 Å². The molecule has 5 nitrogen and oxygen atoms in total. The zero-order chi connectivity index (χ0) is 15.5. The number of primary amides is 1. The van der Waals surface area contributed by atoms with E-state index in [4.69, 9.17) is 10.8 Å². The van der Waals surface area contributed by atoms with Crippen LogP contribution in [0.4, 0.5) is 13.2 Å². The van der Waals surface area contributed by atoms with Crippen molar-refractivity contribution < 1.29 is 27.9 Å². The molecular formula is C11H11F3N2O3S. The van der Waals surface area contributed by atoms with Gasteiger partial charge in [0.15, 0.2) is 0 Å². The van der Waals surface area contributed by atoms with Crippen LogP contribution in [0.25, 0.3) is 0 Å². The molecule has 1 aromatic rings. The Morgan fingerprint density at radius 1 is 1.45 bits per heavy atom. The van der Waals surface area contributed by atoms with E-state index >= 15 is 0 Å². The van der Waals surface area contributed by atoms with Gasteiger partial charge in [0, 0.05) is 5.75 Å². The van der Waals surface area contributed by atoms with E-state index in [2.05, 4.69) is 4.98 Å². The second kappa shape index (κ2) is 6.12. The molecule has 0 spiro atoms. The van der Waals surface area contributed by atoms with Crippen LogP contribution in [-0.4, -0.2) is 27.7 Å². The van der Waals surface area contributed by atoms with Crippen molar-refractivity contribution in [2.45, 2.75) is 18.1 Å². The normalized spacial score (nSPS) is 13.0. The number of aliphatic carboxylic acids is 1. The minimum atomic E-state index is -4.65. The topological polar surface area (TPSA) is 93.3 Å². The molecule has 0 saturated carbocycles. The highest BCUT2D eigenvalue weighted by molar-refractivity contribution is 7.99. The van der Waals surface area contributed by atoms with Crippen LogP contribution in [0.5, 0.6) is 0 Å². The van der Waals surface area contributed by atoms with Crippen LogP contribution in [0.3, 0.4) is 0 Å². The number of hydrogen-bond acceptors (Lipinski definition) is 4. The van der Waals surface area contributed by atoms with Crippen molar-refractivity contribution in [1.82, 2.24) is 4.98 Å². The van der Waals surface area contributed by atoms with Crippen LogP contribution in [0, 0.1) is 5.92 Å². The number of nitrogens with zero attached hydrogens (tertiary/aromatic N) is 1. The molecule has 9 heteroatoms. The van der Waals surface area contributed by atoms with E-state index in [1.165, 1.54) is 6.92 Å². The smallest absolute Gasteiger partial charge is 0.433 e. The fourth-order valence-corrected chi connectivity index (χ4v) is 2.21. The van der Waals surface area contributed by atoms with Gasteiger partial charge in [-0.2, -0.15) is 13.2 Å². The molecule has 0 bridgehead atoms. The van der Waals surface area contributed by atoms with Crippen molar-refractivity contribution in [3.63, 3.8) is 0 Å². The Bertz CT molecular complexity index is 534. The van der Waals surface area contributed by atoms with Crippen LogP contribution in [0.15, 0.2) is 17.2 Å². The summed E-state index contributed by atoms with van der Waals surface area (Å²) in [5, 5.41) is 8.50. The van der Waals surface area contributed by atoms with E-state index in [-0.39, 0.29) is 16.3 Å². The van der Waals surface area contributed by atoms with Gasteiger partial charge in [-0.25, -0.2) is 4.98 Å². The molecule has 0 aliphatic heterocycles. The van der Waals surface area contributed by atoms with Crippen molar-refractivity contribution in [2.75, 3.05) is 5.75 Å². The van der Waals surface area contributed by atoms with Crippen LogP contribution in [0.2, 0.25) is 0 Å². The molecule has 1 amide bonds. The van der Waals surface area contributed by atoms with Gasteiger partial charge >= 0.3 is 12.1 Å². The van der Waals surface area contributed by atoms with Gasteiger partial charge in [0.1, 0.15) is 10.7 Å². The molecule has 0 aromatic carbocycles. The maximum absolute atomic E-state index is 12.5. The van der Waals surface area contributed by atoms with Crippen molar-refractivity contribution in [3.8, 4) is 0 Å². The number of pyridine rings is 1. The number of carboxylic acid groups (broad SMARTS) is 1. The Labute approximate surface area is 116 Å². The minimum absolute atomic E-state index is 0.0239. The third-order valence-electron chi connectivity index (χ3n) is 2.31. The highest BCUT2D eigenvalue weighted by Gasteiger charge is 2.33. The van der Waals surface area contributed by atoms with Gasteiger partial charge in [-0.1, -0.05) is 6.92 Å². The van der Waals surface area contributed by atoms with Crippen molar-refractivity contribution in [2.24, 2.45) is 11.7 Å². The fraction of sp³-hybridized carbons (Fsp3) is 0.364. The van der Waals surface area contributed by atoms with Gasteiger partial charge in [0.25, 0.3) is 5.91 Å². The Morgan fingerprint density at radius 3 is 2.50 bits per heavy atom. The number of amides is 1. The molecular weight excluding hydrogens is 297 g/mol. The lowest BCUT2D eigenvalue weighted by atomic mass is 10.2. The Kier molecular flexibility index (Phi) is 4.98. The van der Waals surface area contributed by atoms with Gasteiger partial charge in [0.05, 0.1) is 11.5 Å². The first-order valence-electron chi connectivity index (χ1n) is 5.36. The summed E-state index contributed by atoms with van der Waals surface area (Å²) < 4.78 is 37.6. The zero-order valence-corrected chi connectivity index (χ0v) is 11.1. The number of thioether (sulfide) groups is 1. The largest absolute Gasteiger partial charge is 0.481 e. The van der Waals surface area contributed by atoms with Gasteiger partial charge < -0.3 is 10.8 Å². The monoisotopic (exact) mass is 308 g/mol. The summed E-state index contributed by atoms with van der Waals surface area (Å²) in [5.41, 5.74) is 3.72. The van der Waals surface area contributed by atoms with Crippen LogP contribution in [0.1, 0.15) is 23.0 Å².